The number of anilines is 1. The average molecular weight is 547 g/mol. The third kappa shape index (κ3) is 7.53. The summed E-state index contributed by atoms with van der Waals surface area (Å²) in [5, 5.41) is 3.70. The summed E-state index contributed by atoms with van der Waals surface area (Å²) in [6.07, 6.45) is -0.231. The molecule has 0 bridgehead atoms. The molecule has 206 valence electrons. The van der Waals surface area contributed by atoms with Crippen molar-refractivity contribution in [3.63, 3.8) is 0 Å². The Morgan fingerprint density at radius 1 is 1.08 bits per heavy atom. The fraction of sp³-hybridized carbons (Fsp3) is 0.481. The number of amides is 1. The van der Waals surface area contributed by atoms with Gasteiger partial charge in [0.15, 0.2) is 16.6 Å². The molecular formula is C27H35FN4O5S. The summed E-state index contributed by atoms with van der Waals surface area (Å²) in [6, 6.07) is 11.3. The number of hydrogen-bond donors (Lipinski definition) is 1. The molecule has 4 rings (SSSR count). The minimum absolute atomic E-state index is 0.105. The first kappa shape index (κ1) is 28.0. The first-order chi connectivity index (χ1) is 18.5. The van der Waals surface area contributed by atoms with Gasteiger partial charge in [-0.1, -0.05) is 0 Å². The zero-order valence-corrected chi connectivity index (χ0v) is 22.7. The van der Waals surface area contributed by atoms with E-state index in [4.69, 9.17) is 31.2 Å². The molecule has 1 N–H and O–H groups in total. The van der Waals surface area contributed by atoms with Gasteiger partial charge in [-0.05, 0) is 54.7 Å². The molecule has 0 radical (unpaired) electrons. The zero-order chi connectivity index (χ0) is 26.9. The van der Waals surface area contributed by atoms with E-state index in [2.05, 4.69) is 10.2 Å². The van der Waals surface area contributed by atoms with E-state index in [0.29, 0.717) is 68.2 Å². The molecule has 2 saturated heterocycles. The van der Waals surface area contributed by atoms with Crippen molar-refractivity contribution in [2.24, 2.45) is 0 Å². The quantitative estimate of drug-likeness (QED) is 0.478. The topological polar surface area (TPSA) is 75.7 Å². The van der Waals surface area contributed by atoms with E-state index in [1.165, 1.54) is 12.1 Å². The molecule has 11 heteroatoms. The van der Waals surface area contributed by atoms with Crippen molar-refractivity contribution in [2.45, 2.75) is 6.10 Å². The highest BCUT2D eigenvalue weighted by molar-refractivity contribution is 7.80. The Kier molecular flexibility index (Phi) is 10.1. The highest BCUT2D eigenvalue weighted by Gasteiger charge is 2.28. The zero-order valence-electron chi connectivity index (χ0n) is 21.9. The summed E-state index contributed by atoms with van der Waals surface area (Å²) in [6.45, 7) is 6.41. The number of nitrogens with zero attached hydrogens (tertiary/aromatic N) is 3. The Morgan fingerprint density at radius 3 is 2.53 bits per heavy atom. The number of carbonyl (C=O) groups is 1. The van der Waals surface area contributed by atoms with Gasteiger partial charge in [-0.15, -0.1) is 0 Å². The molecule has 1 amide bonds. The number of benzene rings is 2. The molecule has 0 spiro atoms. The molecule has 0 saturated carbocycles. The van der Waals surface area contributed by atoms with Gasteiger partial charge in [0.1, 0.15) is 5.82 Å². The van der Waals surface area contributed by atoms with Crippen molar-refractivity contribution in [2.75, 3.05) is 85.2 Å². The Labute approximate surface area is 228 Å². The van der Waals surface area contributed by atoms with Gasteiger partial charge in [-0.25, -0.2) is 4.39 Å². The summed E-state index contributed by atoms with van der Waals surface area (Å²) < 4.78 is 35.5. The van der Waals surface area contributed by atoms with Gasteiger partial charge in [-0.2, -0.15) is 0 Å². The predicted molar refractivity (Wildman–Crippen MR) is 147 cm³/mol. The fourth-order valence-electron chi connectivity index (χ4n) is 4.51. The first-order valence-electron chi connectivity index (χ1n) is 12.7. The van der Waals surface area contributed by atoms with Crippen LogP contribution in [0, 0.1) is 5.82 Å². The number of nitrogens with one attached hydrogen (secondary N) is 1. The lowest BCUT2D eigenvalue weighted by Crippen LogP contribution is -2.52. The molecule has 38 heavy (non-hydrogen) atoms. The monoisotopic (exact) mass is 546 g/mol. The van der Waals surface area contributed by atoms with Crippen LogP contribution in [-0.2, 0) is 9.47 Å². The fourth-order valence-corrected chi connectivity index (χ4v) is 4.79. The van der Waals surface area contributed by atoms with Crippen LogP contribution >= 0.6 is 12.2 Å². The number of ether oxygens (including phenoxy) is 4. The SMILES string of the molecule is COc1ccc(C(=O)N(CCN2CCOCC2)C[C@@H]2CN(C(=S)Nc3ccc(F)cc3)CCO2)cc1OC. The van der Waals surface area contributed by atoms with E-state index >= 15 is 0 Å². The second-order valence-corrected chi connectivity index (χ2v) is 9.54. The third-order valence-electron chi connectivity index (χ3n) is 6.65. The summed E-state index contributed by atoms with van der Waals surface area (Å²) in [5.41, 5.74) is 1.24. The highest BCUT2D eigenvalue weighted by Crippen LogP contribution is 2.28. The largest absolute Gasteiger partial charge is 0.493 e. The molecule has 2 aromatic carbocycles. The van der Waals surface area contributed by atoms with Gasteiger partial charge in [0.05, 0.1) is 40.1 Å². The number of morpholine rings is 2. The van der Waals surface area contributed by atoms with Crippen LogP contribution in [0.4, 0.5) is 10.1 Å². The van der Waals surface area contributed by atoms with Crippen LogP contribution in [-0.4, -0.2) is 112 Å². The molecule has 2 aromatic rings. The maximum Gasteiger partial charge on any atom is 0.254 e. The van der Waals surface area contributed by atoms with E-state index in [-0.39, 0.29) is 17.8 Å². The first-order valence-corrected chi connectivity index (χ1v) is 13.1. The summed E-state index contributed by atoms with van der Waals surface area (Å²) >= 11 is 5.61. The lowest BCUT2D eigenvalue weighted by molar-refractivity contribution is -0.0228. The van der Waals surface area contributed by atoms with Crippen LogP contribution in [0.3, 0.4) is 0 Å². The summed E-state index contributed by atoms with van der Waals surface area (Å²) in [4.78, 5) is 19.8. The lowest BCUT2D eigenvalue weighted by atomic mass is 10.1. The molecular weight excluding hydrogens is 511 g/mol. The maximum absolute atomic E-state index is 13.7. The van der Waals surface area contributed by atoms with Crippen LogP contribution in [0.15, 0.2) is 42.5 Å². The molecule has 2 fully saturated rings. The molecule has 1 atom stereocenters. The van der Waals surface area contributed by atoms with E-state index in [9.17, 15) is 9.18 Å². The van der Waals surface area contributed by atoms with Crippen molar-refractivity contribution < 1.29 is 28.1 Å². The molecule has 0 aromatic heterocycles. The Balaban J connectivity index is 1.44. The van der Waals surface area contributed by atoms with Gasteiger partial charge in [0.2, 0.25) is 0 Å². The van der Waals surface area contributed by atoms with Gasteiger partial charge < -0.3 is 34.1 Å². The van der Waals surface area contributed by atoms with Crippen molar-refractivity contribution in [3.8, 4) is 11.5 Å². The minimum atomic E-state index is -0.302. The van der Waals surface area contributed by atoms with E-state index in [0.717, 1.165) is 25.3 Å². The van der Waals surface area contributed by atoms with Crippen LogP contribution in [0.5, 0.6) is 11.5 Å². The van der Waals surface area contributed by atoms with Crippen LogP contribution < -0.4 is 14.8 Å². The Hall–Kier alpha value is -2.99. The van der Waals surface area contributed by atoms with Crippen molar-refractivity contribution in [3.05, 3.63) is 53.8 Å². The number of rotatable bonds is 9. The molecule has 9 nitrogen and oxygen atoms in total. The third-order valence-corrected chi connectivity index (χ3v) is 7.01. The Morgan fingerprint density at radius 2 is 1.82 bits per heavy atom. The predicted octanol–water partition coefficient (Wildman–Crippen LogP) is 2.72. The van der Waals surface area contributed by atoms with E-state index in [1.807, 2.05) is 9.80 Å². The van der Waals surface area contributed by atoms with Gasteiger partial charge >= 0.3 is 0 Å². The number of hydrogen-bond acceptors (Lipinski definition) is 7. The molecule has 2 heterocycles. The molecule has 0 aliphatic carbocycles. The maximum atomic E-state index is 13.7. The summed E-state index contributed by atoms with van der Waals surface area (Å²) in [5.74, 6) is 0.664. The average Bonchev–Trinajstić information content (AvgIpc) is 2.96. The molecule has 2 aliphatic rings. The molecule has 2 aliphatic heterocycles. The van der Waals surface area contributed by atoms with E-state index in [1.54, 1.807) is 44.6 Å². The number of carbonyl (C=O) groups excluding carboxylic acids is 1. The normalized spacial score (nSPS) is 18.1. The second kappa shape index (κ2) is 13.7. The van der Waals surface area contributed by atoms with Gasteiger partial charge in [0.25, 0.3) is 5.91 Å². The number of halogens is 1. The van der Waals surface area contributed by atoms with Crippen molar-refractivity contribution in [1.29, 1.82) is 0 Å². The van der Waals surface area contributed by atoms with Crippen LogP contribution in [0.1, 0.15) is 10.4 Å². The lowest BCUT2D eigenvalue weighted by Gasteiger charge is -2.37. The highest BCUT2D eigenvalue weighted by atomic mass is 32.1. The number of thiocarbonyl (C=S) groups is 1. The van der Waals surface area contributed by atoms with Crippen molar-refractivity contribution >= 4 is 28.9 Å². The Bertz CT molecular complexity index is 1080. The second-order valence-electron chi connectivity index (χ2n) is 9.15. The summed E-state index contributed by atoms with van der Waals surface area (Å²) in [7, 11) is 3.12. The smallest absolute Gasteiger partial charge is 0.254 e. The standard InChI is InChI=1S/C27H35FN4O5S/c1-34-24-8-3-20(17-25(24)35-2)26(33)31(10-9-30-11-14-36-15-12-30)18-23-19-32(13-16-37-23)27(38)29-22-6-4-21(28)5-7-22/h3-8,17,23H,9-16,18-19H2,1-2H3,(H,29,38)/t23-/m1/s1. The van der Waals surface area contributed by atoms with Crippen LogP contribution in [0.25, 0.3) is 0 Å². The van der Waals surface area contributed by atoms with Gasteiger partial charge in [0, 0.05) is 57.1 Å². The van der Waals surface area contributed by atoms with E-state index < -0.39 is 0 Å². The molecule has 0 unspecified atom stereocenters. The van der Waals surface area contributed by atoms with Crippen molar-refractivity contribution in [1.82, 2.24) is 14.7 Å². The van der Waals surface area contributed by atoms with Crippen LogP contribution in [0.2, 0.25) is 0 Å². The number of methoxy groups -OCH3 is 2. The minimum Gasteiger partial charge on any atom is -0.493 e. The van der Waals surface area contributed by atoms with Gasteiger partial charge in [-0.3, -0.25) is 9.69 Å².